The van der Waals surface area contributed by atoms with E-state index in [2.05, 4.69) is 22.2 Å². The molecule has 0 aliphatic carbocycles. The third-order valence-electron chi connectivity index (χ3n) is 2.23. The average Bonchev–Trinajstić information content (AvgIpc) is 2.66. The number of thiocarbonyl (C=S) groups is 1. The Hall–Kier alpha value is -2.08. The summed E-state index contributed by atoms with van der Waals surface area (Å²) in [5, 5.41) is 6.53. The molecule has 94 valence electrons. The van der Waals surface area contributed by atoms with Gasteiger partial charge in [0.15, 0.2) is 10.7 Å². The van der Waals surface area contributed by atoms with E-state index in [9.17, 15) is 4.79 Å². The molecule has 0 spiro atoms. The smallest absolute Gasteiger partial charge is 0.408 e. The van der Waals surface area contributed by atoms with Crippen LogP contribution < -0.4 is 16.4 Å². The second-order valence-electron chi connectivity index (χ2n) is 3.99. The molecular formula is C12H13N3O2S. The van der Waals surface area contributed by atoms with Crippen LogP contribution in [0.1, 0.15) is 6.92 Å². The van der Waals surface area contributed by atoms with E-state index in [1.807, 2.05) is 6.92 Å². The molecule has 0 atom stereocenters. The topological polar surface area (TPSA) is 70.1 Å². The largest absolute Gasteiger partial charge is 0.417 e. The molecule has 0 amide bonds. The maximum absolute atomic E-state index is 11.0. The Kier molecular flexibility index (Phi) is 3.47. The second kappa shape index (κ2) is 5.05. The van der Waals surface area contributed by atoms with Gasteiger partial charge in [-0.25, -0.2) is 4.79 Å². The number of nitrogens with one attached hydrogen (secondary N) is 3. The average molecular weight is 263 g/mol. The third-order valence-corrected chi connectivity index (χ3v) is 2.47. The van der Waals surface area contributed by atoms with Crippen molar-refractivity contribution in [2.75, 3.05) is 11.9 Å². The summed E-state index contributed by atoms with van der Waals surface area (Å²) in [6.45, 7) is 6.31. The molecule has 0 saturated heterocycles. The molecule has 0 aliphatic rings. The first-order valence-electron chi connectivity index (χ1n) is 5.37. The van der Waals surface area contributed by atoms with Crippen LogP contribution in [0.25, 0.3) is 11.1 Å². The molecular weight excluding hydrogens is 250 g/mol. The number of hydrogen-bond donors (Lipinski definition) is 3. The van der Waals surface area contributed by atoms with Gasteiger partial charge in [-0.3, -0.25) is 4.98 Å². The fraction of sp³-hybridized carbons (Fsp3) is 0.167. The lowest BCUT2D eigenvalue weighted by Gasteiger charge is -2.10. The Labute approximate surface area is 109 Å². The highest BCUT2D eigenvalue weighted by Gasteiger charge is 2.03. The van der Waals surface area contributed by atoms with Crippen LogP contribution in [-0.4, -0.2) is 16.6 Å². The summed E-state index contributed by atoms with van der Waals surface area (Å²) in [5.74, 6) is -0.467. The van der Waals surface area contributed by atoms with E-state index in [-0.39, 0.29) is 0 Å². The minimum absolute atomic E-state index is 0.467. The molecule has 0 bridgehead atoms. The number of H-pyrrole nitrogens is 1. The van der Waals surface area contributed by atoms with E-state index < -0.39 is 5.76 Å². The molecule has 0 fully saturated rings. The van der Waals surface area contributed by atoms with Crippen LogP contribution in [-0.2, 0) is 0 Å². The summed E-state index contributed by atoms with van der Waals surface area (Å²) in [4.78, 5) is 13.6. The van der Waals surface area contributed by atoms with Crippen molar-refractivity contribution in [1.82, 2.24) is 10.3 Å². The number of aromatic nitrogens is 1. The number of aromatic amines is 1. The molecule has 1 aromatic carbocycles. The lowest BCUT2D eigenvalue weighted by atomic mass is 10.3. The van der Waals surface area contributed by atoms with Crippen LogP contribution >= 0.6 is 12.2 Å². The van der Waals surface area contributed by atoms with Crippen LogP contribution in [0.4, 0.5) is 5.69 Å². The monoisotopic (exact) mass is 263 g/mol. The number of rotatable bonds is 3. The predicted octanol–water partition coefficient (Wildman–Crippen LogP) is 1.98. The second-order valence-corrected chi connectivity index (χ2v) is 4.40. The van der Waals surface area contributed by atoms with Gasteiger partial charge in [-0.15, -0.1) is 0 Å². The minimum Gasteiger partial charge on any atom is -0.408 e. The van der Waals surface area contributed by atoms with Gasteiger partial charge < -0.3 is 15.1 Å². The van der Waals surface area contributed by atoms with Gasteiger partial charge in [-0.05, 0) is 37.3 Å². The van der Waals surface area contributed by atoms with Crippen LogP contribution in [0.3, 0.4) is 0 Å². The highest BCUT2D eigenvalue weighted by Crippen LogP contribution is 2.15. The standard InChI is InChI=1S/C12H13N3O2S/c1-7(2)6-13-11(18)14-8-3-4-10-9(5-8)15-12(16)17-10/h3-5H,1,6H2,2H3,(H,15,16)(H2,13,14,18). The lowest BCUT2D eigenvalue weighted by Crippen LogP contribution is -2.29. The fourth-order valence-corrected chi connectivity index (χ4v) is 1.63. The summed E-state index contributed by atoms with van der Waals surface area (Å²) in [5.41, 5.74) is 2.92. The van der Waals surface area contributed by atoms with Gasteiger partial charge in [0.1, 0.15) is 0 Å². The molecule has 1 heterocycles. The predicted molar refractivity (Wildman–Crippen MR) is 75.9 cm³/mol. The van der Waals surface area contributed by atoms with Gasteiger partial charge in [0.25, 0.3) is 0 Å². The maximum atomic E-state index is 11.0. The van der Waals surface area contributed by atoms with Gasteiger partial charge in [0.05, 0.1) is 5.52 Å². The van der Waals surface area contributed by atoms with Crippen molar-refractivity contribution < 1.29 is 4.42 Å². The van der Waals surface area contributed by atoms with Crippen molar-refractivity contribution in [3.8, 4) is 0 Å². The Morgan fingerprint density at radius 1 is 1.56 bits per heavy atom. The first-order valence-corrected chi connectivity index (χ1v) is 5.77. The van der Waals surface area contributed by atoms with Gasteiger partial charge in [0.2, 0.25) is 0 Å². The van der Waals surface area contributed by atoms with E-state index in [0.717, 1.165) is 11.3 Å². The van der Waals surface area contributed by atoms with E-state index in [4.69, 9.17) is 16.6 Å². The SMILES string of the molecule is C=C(C)CNC(=S)Nc1ccc2oc(=O)[nH]c2c1. The number of benzene rings is 1. The molecule has 1 aromatic heterocycles. The Morgan fingerprint density at radius 3 is 3.06 bits per heavy atom. The van der Waals surface area contributed by atoms with E-state index in [1.54, 1.807) is 18.2 Å². The first kappa shape index (κ1) is 12.4. The number of anilines is 1. The van der Waals surface area contributed by atoms with E-state index >= 15 is 0 Å². The van der Waals surface area contributed by atoms with Crippen molar-refractivity contribution in [3.63, 3.8) is 0 Å². The third kappa shape index (κ3) is 2.98. The van der Waals surface area contributed by atoms with Crippen molar-refractivity contribution in [3.05, 3.63) is 40.9 Å². The van der Waals surface area contributed by atoms with Crippen LogP contribution in [0.15, 0.2) is 39.6 Å². The quantitative estimate of drug-likeness (QED) is 0.583. The summed E-state index contributed by atoms with van der Waals surface area (Å²) >= 11 is 5.12. The van der Waals surface area contributed by atoms with Crippen molar-refractivity contribution in [1.29, 1.82) is 0 Å². The maximum Gasteiger partial charge on any atom is 0.417 e. The van der Waals surface area contributed by atoms with Gasteiger partial charge in [-0.1, -0.05) is 12.2 Å². The Morgan fingerprint density at radius 2 is 2.33 bits per heavy atom. The Balaban J connectivity index is 2.09. The Bertz CT molecular complexity index is 657. The first-order chi connectivity index (χ1) is 8.54. The molecule has 6 heteroatoms. The van der Waals surface area contributed by atoms with E-state index in [0.29, 0.717) is 22.8 Å². The molecule has 0 unspecified atom stereocenters. The highest BCUT2D eigenvalue weighted by molar-refractivity contribution is 7.80. The van der Waals surface area contributed by atoms with Crippen LogP contribution in [0, 0.1) is 0 Å². The van der Waals surface area contributed by atoms with Crippen molar-refractivity contribution >= 4 is 34.1 Å². The van der Waals surface area contributed by atoms with Gasteiger partial charge in [-0.2, -0.15) is 0 Å². The number of oxazole rings is 1. The summed E-state index contributed by atoms with van der Waals surface area (Å²) < 4.78 is 4.91. The summed E-state index contributed by atoms with van der Waals surface area (Å²) in [6, 6.07) is 5.25. The molecule has 2 aromatic rings. The van der Waals surface area contributed by atoms with Gasteiger partial charge >= 0.3 is 5.76 Å². The summed E-state index contributed by atoms with van der Waals surface area (Å²) in [7, 11) is 0. The normalized spacial score (nSPS) is 10.3. The van der Waals surface area contributed by atoms with Crippen molar-refractivity contribution in [2.45, 2.75) is 6.92 Å². The number of fused-ring (bicyclic) bond motifs is 1. The fourth-order valence-electron chi connectivity index (χ4n) is 1.44. The molecule has 0 aliphatic heterocycles. The molecule has 3 N–H and O–H groups in total. The molecule has 0 saturated carbocycles. The van der Waals surface area contributed by atoms with Crippen LogP contribution in [0.2, 0.25) is 0 Å². The zero-order valence-corrected chi connectivity index (χ0v) is 10.7. The van der Waals surface area contributed by atoms with Crippen LogP contribution in [0.5, 0.6) is 0 Å². The van der Waals surface area contributed by atoms with Crippen molar-refractivity contribution in [2.24, 2.45) is 0 Å². The molecule has 5 nitrogen and oxygen atoms in total. The number of hydrogen-bond acceptors (Lipinski definition) is 3. The zero-order valence-electron chi connectivity index (χ0n) is 9.87. The zero-order chi connectivity index (χ0) is 13.1. The molecule has 0 radical (unpaired) electrons. The summed E-state index contributed by atoms with van der Waals surface area (Å²) in [6.07, 6.45) is 0. The lowest BCUT2D eigenvalue weighted by molar-refractivity contribution is 0.555. The van der Waals surface area contributed by atoms with E-state index in [1.165, 1.54) is 0 Å². The molecule has 2 rings (SSSR count). The molecule has 18 heavy (non-hydrogen) atoms. The minimum atomic E-state index is -0.467. The highest BCUT2D eigenvalue weighted by atomic mass is 32.1. The van der Waals surface area contributed by atoms with Gasteiger partial charge in [0, 0.05) is 12.2 Å².